The first kappa shape index (κ1) is 23.7. The van der Waals surface area contributed by atoms with E-state index in [0.29, 0.717) is 47.5 Å². The summed E-state index contributed by atoms with van der Waals surface area (Å²) in [6, 6.07) is 5.20. The minimum Gasteiger partial charge on any atom is -0.404 e. The lowest BCUT2D eigenvalue weighted by atomic mass is 10.1. The number of hydrogen-bond donors (Lipinski definition) is 5. The molecule has 1 aliphatic heterocycles. The summed E-state index contributed by atoms with van der Waals surface area (Å²) >= 11 is 5.65. The largest absolute Gasteiger partial charge is 0.404 e. The monoisotopic (exact) mass is 460 g/mol. The summed E-state index contributed by atoms with van der Waals surface area (Å²) in [5, 5.41) is 24.1. The van der Waals surface area contributed by atoms with Crippen molar-refractivity contribution < 1.29 is 9.90 Å². The third-order valence-electron chi connectivity index (χ3n) is 5.02. The molecule has 0 bridgehead atoms. The number of allylic oxidation sites excluding steroid dienone is 1. The van der Waals surface area contributed by atoms with Gasteiger partial charge in [0.1, 0.15) is 0 Å². The number of nitrogens with zero attached hydrogens (tertiary/aromatic N) is 4. The average Bonchev–Trinajstić information content (AvgIpc) is 3.45. The fraction of sp³-hybridized carbons (Fsp3) is 0.429. The van der Waals surface area contributed by atoms with E-state index in [-0.39, 0.29) is 11.6 Å². The minimum absolute atomic E-state index is 0.212. The topological polar surface area (TPSA) is 142 Å². The van der Waals surface area contributed by atoms with Crippen molar-refractivity contribution in [2.75, 3.05) is 37.4 Å². The van der Waals surface area contributed by atoms with E-state index in [9.17, 15) is 9.90 Å². The second-order valence-electron chi connectivity index (χ2n) is 7.47. The van der Waals surface area contributed by atoms with Crippen LogP contribution in [0.3, 0.4) is 0 Å². The number of carbonyl (C=O) groups is 1. The quantitative estimate of drug-likeness (QED) is 0.201. The number of aliphatic hydroxyl groups excluding tert-OH is 1. The molecule has 1 fully saturated rings. The van der Waals surface area contributed by atoms with Gasteiger partial charge in [-0.1, -0.05) is 6.07 Å². The normalized spacial score (nSPS) is 17.6. The van der Waals surface area contributed by atoms with Crippen LogP contribution in [0, 0.1) is 5.92 Å². The Bertz CT molecular complexity index is 968. The summed E-state index contributed by atoms with van der Waals surface area (Å²) in [4.78, 5) is 21.3. The van der Waals surface area contributed by atoms with Crippen molar-refractivity contribution in [2.45, 2.75) is 12.6 Å². The van der Waals surface area contributed by atoms with E-state index in [2.05, 4.69) is 31.0 Å². The maximum atomic E-state index is 12.7. The third kappa shape index (κ3) is 6.28. The maximum Gasteiger partial charge on any atom is 0.273 e. The number of rotatable bonds is 10. The zero-order chi connectivity index (χ0) is 22.9. The lowest BCUT2D eigenvalue weighted by Gasteiger charge is -2.15. The van der Waals surface area contributed by atoms with Crippen LogP contribution in [-0.2, 0) is 7.05 Å². The molecule has 3 rings (SSSR count). The van der Waals surface area contributed by atoms with Gasteiger partial charge in [-0.3, -0.25) is 14.5 Å². The Kier molecular flexibility index (Phi) is 8.60. The third-order valence-corrected chi connectivity index (χ3v) is 5.19. The number of pyridine rings is 1. The summed E-state index contributed by atoms with van der Waals surface area (Å²) < 4.78 is 1.52. The molecular formula is C21H29ClN8O2. The van der Waals surface area contributed by atoms with Crippen LogP contribution in [0.25, 0.3) is 5.57 Å². The second-order valence-corrected chi connectivity index (χ2v) is 7.85. The van der Waals surface area contributed by atoms with Crippen molar-refractivity contribution in [3.63, 3.8) is 0 Å². The number of anilines is 1. The summed E-state index contributed by atoms with van der Waals surface area (Å²) in [7, 11) is 1.71. The summed E-state index contributed by atoms with van der Waals surface area (Å²) in [5.74, 6) is 0.523. The number of hydrogen-bond acceptors (Lipinski definition) is 8. The molecule has 10 nitrogen and oxygen atoms in total. The number of amides is 1. The molecule has 6 N–H and O–H groups in total. The van der Waals surface area contributed by atoms with Crippen molar-refractivity contribution in [1.82, 2.24) is 25.4 Å². The van der Waals surface area contributed by atoms with Gasteiger partial charge in [0.2, 0.25) is 0 Å². The lowest BCUT2D eigenvalue weighted by molar-refractivity contribution is 0.0943. The summed E-state index contributed by atoms with van der Waals surface area (Å²) in [6.45, 7) is 2.90. The van der Waals surface area contributed by atoms with E-state index in [1.807, 2.05) is 0 Å². The minimum atomic E-state index is -1.16. The first-order valence-corrected chi connectivity index (χ1v) is 11.0. The molecule has 172 valence electrons. The second kappa shape index (κ2) is 11.6. The van der Waals surface area contributed by atoms with Gasteiger partial charge in [-0.15, -0.1) is 11.6 Å². The van der Waals surface area contributed by atoms with Gasteiger partial charge in [0.15, 0.2) is 11.9 Å². The van der Waals surface area contributed by atoms with Crippen molar-refractivity contribution in [3.05, 3.63) is 47.7 Å². The number of aliphatic imine (C=N–C) groups is 1. The fourth-order valence-electron chi connectivity index (χ4n) is 3.36. The number of aryl methyl sites for hydroxylation is 1. The van der Waals surface area contributed by atoms with Gasteiger partial charge in [-0.2, -0.15) is 5.10 Å². The zero-order valence-electron chi connectivity index (χ0n) is 18.0. The number of aliphatic hydroxyl groups is 1. The molecule has 2 unspecified atom stereocenters. The van der Waals surface area contributed by atoms with E-state index in [1.54, 1.807) is 37.7 Å². The van der Waals surface area contributed by atoms with E-state index in [1.165, 1.54) is 10.9 Å². The van der Waals surface area contributed by atoms with Crippen LogP contribution in [0.5, 0.6) is 0 Å². The molecule has 1 saturated heterocycles. The predicted octanol–water partition coefficient (Wildman–Crippen LogP) is 0.867. The van der Waals surface area contributed by atoms with Gasteiger partial charge in [0.25, 0.3) is 5.91 Å². The lowest BCUT2D eigenvalue weighted by Crippen LogP contribution is -2.31. The van der Waals surface area contributed by atoms with Crippen LogP contribution < -0.4 is 21.7 Å². The highest BCUT2D eigenvalue weighted by Gasteiger charge is 2.21. The molecule has 0 radical (unpaired) electrons. The van der Waals surface area contributed by atoms with Crippen LogP contribution in [-0.4, -0.2) is 64.1 Å². The van der Waals surface area contributed by atoms with Crippen LogP contribution in [0.2, 0.25) is 0 Å². The Morgan fingerprint density at radius 2 is 2.38 bits per heavy atom. The van der Waals surface area contributed by atoms with Gasteiger partial charge in [0, 0.05) is 43.7 Å². The number of nitrogens with two attached hydrogens (primary N) is 1. The number of halogens is 1. The first-order chi connectivity index (χ1) is 15.5. The van der Waals surface area contributed by atoms with E-state index < -0.39 is 6.23 Å². The van der Waals surface area contributed by atoms with Gasteiger partial charge in [0.05, 0.1) is 23.6 Å². The van der Waals surface area contributed by atoms with E-state index in [0.717, 1.165) is 19.5 Å². The molecule has 32 heavy (non-hydrogen) atoms. The molecule has 0 saturated carbocycles. The SMILES string of the molecule is Cn1cc(NC(O)c2cccc(C(C=NCCCl)=CN)n2)c(C(=O)NCC2CCNC2)n1. The van der Waals surface area contributed by atoms with Crippen molar-refractivity contribution in [1.29, 1.82) is 0 Å². The van der Waals surface area contributed by atoms with Crippen molar-refractivity contribution >= 4 is 35.0 Å². The Hall–Kier alpha value is -2.95. The van der Waals surface area contributed by atoms with Gasteiger partial charge in [-0.25, -0.2) is 4.98 Å². The van der Waals surface area contributed by atoms with Crippen LogP contribution >= 0.6 is 11.6 Å². The molecule has 0 aromatic carbocycles. The Morgan fingerprint density at radius 1 is 1.53 bits per heavy atom. The average molecular weight is 461 g/mol. The Morgan fingerprint density at radius 3 is 3.09 bits per heavy atom. The van der Waals surface area contributed by atoms with Crippen LogP contribution in [0.1, 0.15) is 34.5 Å². The smallest absolute Gasteiger partial charge is 0.273 e. The van der Waals surface area contributed by atoms with E-state index in [4.69, 9.17) is 17.3 Å². The Labute approximate surface area is 192 Å². The van der Waals surface area contributed by atoms with E-state index >= 15 is 0 Å². The molecule has 1 aliphatic rings. The predicted molar refractivity (Wildman–Crippen MR) is 126 cm³/mol. The van der Waals surface area contributed by atoms with Gasteiger partial charge in [-0.05, 0) is 37.6 Å². The van der Waals surface area contributed by atoms with Crippen molar-refractivity contribution in [3.8, 4) is 0 Å². The molecule has 11 heteroatoms. The number of carbonyl (C=O) groups excluding carboxylic acids is 1. The molecule has 2 aromatic rings. The molecule has 0 aliphatic carbocycles. The molecule has 0 spiro atoms. The highest BCUT2D eigenvalue weighted by Crippen LogP contribution is 2.21. The zero-order valence-corrected chi connectivity index (χ0v) is 18.7. The number of alkyl halides is 1. The highest BCUT2D eigenvalue weighted by molar-refractivity contribution is 6.18. The molecule has 2 aromatic heterocycles. The van der Waals surface area contributed by atoms with Gasteiger partial charge >= 0.3 is 0 Å². The fourth-order valence-corrected chi connectivity index (χ4v) is 3.46. The van der Waals surface area contributed by atoms with Crippen molar-refractivity contribution in [2.24, 2.45) is 23.7 Å². The number of nitrogens with one attached hydrogen (secondary N) is 3. The number of aromatic nitrogens is 3. The summed E-state index contributed by atoms with van der Waals surface area (Å²) in [5.41, 5.74) is 7.84. The van der Waals surface area contributed by atoms with Crippen LogP contribution in [0.15, 0.2) is 35.6 Å². The molecule has 2 atom stereocenters. The van der Waals surface area contributed by atoms with Gasteiger partial charge < -0.3 is 26.8 Å². The molecule has 3 heterocycles. The van der Waals surface area contributed by atoms with Crippen LogP contribution in [0.4, 0.5) is 5.69 Å². The maximum absolute atomic E-state index is 12.7. The molecule has 1 amide bonds. The summed E-state index contributed by atoms with van der Waals surface area (Å²) in [6.07, 6.45) is 4.50. The Balaban J connectivity index is 1.70. The highest BCUT2D eigenvalue weighted by atomic mass is 35.5. The first-order valence-electron chi connectivity index (χ1n) is 10.4. The standard InChI is InChI=1S/C21H29ClN8O2/c1-30-13-18(19(29-30)21(32)26-11-14-5-7-24-10-14)28-20(31)17-4-2-3-16(27-17)15(9-23)12-25-8-6-22/h2-4,9,12-14,20,24,28,31H,5-8,10-11,23H2,1H3,(H,26,32). The molecular weight excluding hydrogens is 432 g/mol.